The van der Waals surface area contributed by atoms with Crippen molar-refractivity contribution in [2.24, 2.45) is 0 Å². The topological polar surface area (TPSA) is 49.4 Å². The van der Waals surface area contributed by atoms with Crippen molar-refractivity contribution in [3.63, 3.8) is 0 Å². The van der Waals surface area contributed by atoms with Crippen molar-refractivity contribution in [1.29, 1.82) is 0 Å². The molecular formula is C23H29ClN2O2S. The van der Waals surface area contributed by atoms with E-state index in [1.54, 1.807) is 35.7 Å². The van der Waals surface area contributed by atoms with Gasteiger partial charge in [0.25, 0.3) is 0 Å². The molecular weight excluding hydrogens is 404 g/mol. The molecule has 6 heteroatoms. The summed E-state index contributed by atoms with van der Waals surface area (Å²) in [5.41, 5.74) is 2.13. The lowest BCUT2D eigenvalue weighted by Gasteiger charge is -2.29. The molecule has 0 heterocycles. The number of carbonyl (C=O) groups excluding carboxylic acids is 2. The van der Waals surface area contributed by atoms with E-state index in [2.05, 4.69) is 12.2 Å². The lowest BCUT2D eigenvalue weighted by Crippen LogP contribution is -2.48. The van der Waals surface area contributed by atoms with Crippen molar-refractivity contribution in [1.82, 2.24) is 10.2 Å². The summed E-state index contributed by atoms with van der Waals surface area (Å²) < 4.78 is 0. The Morgan fingerprint density at radius 3 is 2.41 bits per heavy atom. The molecule has 2 amide bonds. The molecule has 2 rings (SSSR count). The molecule has 0 fully saturated rings. The van der Waals surface area contributed by atoms with Gasteiger partial charge in [-0.2, -0.15) is 0 Å². The third-order valence-corrected chi connectivity index (χ3v) is 5.84. The largest absolute Gasteiger partial charge is 0.354 e. The summed E-state index contributed by atoms with van der Waals surface area (Å²) in [4.78, 5) is 27.2. The molecule has 0 saturated heterocycles. The van der Waals surface area contributed by atoms with E-state index in [1.807, 2.05) is 42.5 Å². The molecule has 1 atom stereocenters. The van der Waals surface area contributed by atoms with Crippen molar-refractivity contribution >= 4 is 35.2 Å². The normalized spacial score (nSPS) is 11.7. The predicted molar refractivity (Wildman–Crippen MR) is 122 cm³/mol. The zero-order valence-electron chi connectivity index (χ0n) is 17.1. The van der Waals surface area contributed by atoms with E-state index in [0.29, 0.717) is 23.9 Å². The van der Waals surface area contributed by atoms with Gasteiger partial charge in [0, 0.05) is 23.9 Å². The molecule has 0 aliphatic rings. The molecule has 0 spiro atoms. The van der Waals surface area contributed by atoms with E-state index >= 15 is 0 Å². The van der Waals surface area contributed by atoms with Crippen molar-refractivity contribution < 1.29 is 9.59 Å². The average molecular weight is 433 g/mol. The first-order valence-electron chi connectivity index (χ1n) is 9.94. The van der Waals surface area contributed by atoms with Gasteiger partial charge < -0.3 is 10.2 Å². The van der Waals surface area contributed by atoms with Gasteiger partial charge in [-0.25, -0.2) is 0 Å². The number of unbranched alkanes of at least 4 members (excludes halogenated alkanes) is 1. The first-order valence-corrected chi connectivity index (χ1v) is 11.5. The molecule has 2 aromatic carbocycles. The lowest BCUT2D eigenvalue weighted by molar-refractivity contribution is -0.138. The van der Waals surface area contributed by atoms with Crippen LogP contribution in [0.15, 0.2) is 54.6 Å². The Hall–Kier alpha value is -1.98. The maximum atomic E-state index is 13.0. The first kappa shape index (κ1) is 23.3. The second-order valence-electron chi connectivity index (χ2n) is 6.95. The molecule has 1 N–H and O–H groups in total. The molecule has 0 saturated carbocycles. The zero-order chi connectivity index (χ0) is 21.1. The molecule has 0 aliphatic carbocycles. The summed E-state index contributed by atoms with van der Waals surface area (Å²) in [7, 11) is 0. The van der Waals surface area contributed by atoms with Gasteiger partial charge in [0.05, 0.1) is 5.75 Å². The van der Waals surface area contributed by atoms with Crippen LogP contribution in [0, 0.1) is 0 Å². The fourth-order valence-electron chi connectivity index (χ4n) is 2.82. The molecule has 0 aliphatic heterocycles. The van der Waals surface area contributed by atoms with Crippen LogP contribution in [0.4, 0.5) is 0 Å². The molecule has 0 unspecified atom stereocenters. The number of nitrogens with one attached hydrogen (secondary N) is 1. The van der Waals surface area contributed by atoms with Crippen LogP contribution in [0.3, 0.4) is 0 Å². The van der Waals surface area contributed by atoms with E-state index in [9.17, 15) is 9.59 Å². The van der Waals surface area contributed by atoms with Crippen LogP contribution in [0.25, 0.3) is 0 Å². The van der Waals surface area contributed by atoms with Gasteiger partial charge in [0.1, 0.15) is 6.04 Å². The molecule has 0 aromatic heterocycles. The van der Waals surface area contributed by atoms with E-state index in [4.69, 9.17) is 11.6 Å². The Bertz CT molecular complexity index is 768. The summed E-state index contributed by atoms with van der Waals surface area (Å²) >= 11 is 7.54. The summed E-state index contributed by atoms with van der Waals surface area (Å²) in [6, 6.07) is 16.9. The van der Waals surface area contributed by atoms with Crippen LogP contribution < -0.4 is 5.32 Å². The SMILES string of the molecule is CCCCNC(=O)[C@H](C)N(Cc1ccc(Cl)cc1)C(=O)CSCc1ccccc1. The second-order valence-corrected chi connectivity index (χ2v) is 8.37. The molecule has 29 heavy (non-hydrogen) atoms. The molecule has 0 bridgehead atoms. The number of amides is 2. The average Bonchev–Trinajstić information content (AvgIpc) is 2.73. The highest BCUT2D eigenvalue weighted by molar-refractivity contribution is 7.99. The second kappa shape index (κ2) is 12.6. The van der Waals surface area contributed by atoms with Gasteiger partial charge in [-0.3, -0.25) is 9.59 Å². The highest BCUT2D eigenvalue weighted by Crippen LogP contribution is 2.17. The number of hydrogen-bond donors (Lipinski definition) is 1. The summed E-state index contributed by atoms with van der Waals surface area (Å²) in [5, 5.41) is 3.58. The van der Waals surface area contributed by atoms with Gasteiger partial charge in [-0.05, 0) is 36.6 Å². The van der Waals surface area contributed by atoms with E-state index in [1.165, 1.54) is 5.56 Å². The zero-order valence-corrected chi connectivity index (χ0v) is 18.6. The van der Waals surface area contributed by atoms with Crippen LogP contribution >= 0.6 is 23.4 Å². The lowest BCUT2D eigenvalue weighted by atomic mass is 10.1. The van der Waals surface area contributed by atoms with E-state index in [0.717, 1.165) is 24.2 Å². The minimum atomic E-state index is -0.535. The van der Waals surface area contributed by atoms with Crippen molar-refractivity contribution in [2.45, 2.75) is 45.0 Å². The third-order valence-electron chi connectivity index (χ3n) is 4.60. The van der Waals surface area contributed by atoms with Crippen LogP contribution in [0.1, 0.15) is 37.8 Å². The van der Waals surface area contributed by atoms with E-state index in [-0.39, 0.29) is 11.8 Å². The Kier molecular flexibility index (Phi) is 10.1. The van der Waals surface area contributed by atoms with Crippen molar-refractivity contribution in [3.8, 4) is 0 Å². The van der Waals surface area contributed by atoms with Crippen molar-refractivity contribution in [2.75, 3.05) is 12.3 Å². The van der Waals surface area contributed by atoms with Crippen LogP contribution in [0.2, 0.25) is 5.02 Å². The van der Waals surface area contributed by atoms with Gasteiger partial charge in [0.15, 0.2) is 0 Å². The number of halogens is 1. The van der Waals surface area contributed by atoms with E-state index < -0.39 is 6.04 Å². The van der Waals surface area contributed by atoms with Crippen LogP contribution in [0.5, 0.6) is 0 Å². The Balaban J connectivity index is 2.02. The maximum Gasteiger partial charge on any atom is 0.242 e. The summed E-state index contributed by atoms with van der Waals surface area (Å²) in [6.45, 7) is 4.88. The fourth-order valence-corrected chi connectivity index (χ4v) is 3.82. The predicted octanol–water partition coefficient (Wildman–Crippen LogP) is 4.91. The number of rotatable bonds is 11. The van der Waals surface area contributed by atoms with Crippen molar-refractivity contribution in [3.05, 3.63) is 70.7 Å². The molecule has 4 nitrogen and oxygen atoms in total. The Morgan fingerprint density at radius 1 is 1.07 bits per heavy atom. The fraction of sp³-hybridized carbons (Fsp3) is 0.391. The first-order chi connectivity index (χ1) is 14.0. The molecule has 2 aromatic rings. The monoisotopic (exact) mass is 432 g/mol. The number of thioether (sulfide) groups is 1. The van der Waals surface area contributed by atoms with Gasteiger partial charge in [0.2, 0.25) is 11.8 Å². The third kappa shape index (κ3) is 8.11. The Labute approximate surface area is 183 Å². The Morgan fingerprint density at radius 2 is 1.76 bits per heavy atom. The molecule has 0 radical (unpaired) electrons. The van der Waals surface area contributed by atoms with Gasteiger partial charge in [-0.1, -0.05) is 67.4 Å². The minimum absolute atomic E-state index is 0.0426. The highest BCUT2D eigenvalue weighted by atomic mass is 35.5. The number of carbonyl (C=O) groups is 2. The highest BCUT2D eigenvalue weighted by Gasteiger charge is 2.25. The van der Waals surface area contributed by atoms with Crippen LogP contribution in [-0.4, -0.2) is 35.1 Å². The number of nitrogens with zero attached hydrogens (tertiary/aromatic N) is 1. The van der Waals surface area contributed by atoms with Gasteiger partial charge in [-0.15, -0.1) is 11.8 Å². The minimum Gasteiger partial charge on any atom is -0.354 e. The number of benzene rings is 2. The van der Waals surface area contributed by atoms with Crippen LogP contribution in [-0.2, 0) is 21.9 Å². The summed E-state index contributed by atoms with van der Waals surface area (Å²) in [5.74, 6) is 0.931. The summed E-state index contributed by atoms with van der Waals surface area (Å²) in [6.07, 6.45) is 1.94. The standard InChI is InChI=1S/C23H29ClN2O2S/c1-3-4-14-25-23(28)18(2)26(15-19-10-12-21(24)13-11-19)22(27)17-29-16-20-8-6-5-7-9-20/h5-13,18H,3-4,14-17H2,1-2H3,(H,25,28)/t18-/m0/s1. The number of hydrogen-bond acceptors (Lipinski definition) is 3. The maximum absolute atomic E-state index is 13.0. The smallest absolute Gasteiger partial charge is 0.242 e. The van der Waals surface area contributed by atoms with Gasteiger partial charge >= 0.3 is 0 Å². The quantitative estimate of drug-likeness (QED) is 0.513. The molecule has 156 valence electrons.